The van der Waals surface area contributed by atoms with Gasteiger partial charge in [-0.25, -0.2) is 18.6 Å². The average molecular weight is 611 g/mol. The third kappa shape index (κ3) is 8.37. The summed E-state index contributed by atoms with van der Waals surface area (Å²) in [5.74, 6) is -0.695. The lowest BCUT2D eigenvalue weighted by molar-refractivity contribution is -0.136. The smallest absolute Gasteiger partial charge is 0.329 e. The summed E-state index contributed by atoms with van der Waals surface area (Å²) in [6, 6.07) is 25.6. The SMILES string of the molecule is O=C(N/N=C/c1ccc(CNS(=O)(=O)c2ccc(Br)cc2)o1)C(=O)Nc1ccc(OCc2ccccc2)cc1. The molecule has 0 radical (unpaired) electrons. The normalized spacial score (nSPS) is 11.3. The lowest BCUT2D eigenvalue weighted by atomic mass is 10.2. The van der Waals surface area contributed by atoms with Crippen LogP contribution in [0.1, 0.15) is 17.1 Å². The highest BCUT2D eigenvalue weighted by Crippen LogP contribution is 2.17. The summed E-state index contributed by atoms with van der Waals surface area (Å²) in [5.41, 5.74) is 3.55. The first kappa shape index (κ1) is 27.8. The Morgan fingerprint density at radius 3 is 2.33 bits per heavy atom. The molecule has 0 saturated carbocycles. The molecule has 0 aliphatic carbocycles. The number of rotatable bonds is 10. The molecule has 1 heterocycles. The number of carbonyl (C=O) groups excluding carboxylic acids is 2. The van der Waals surface area contributed by atoms with Crippen molar-refractivity contribution in [2.45, 2.75) is 18.0 Å². The van der Waals surface area contributed by atoms with Crippen LogP contribution in [0.4, 0.5) is 5.69 Å². The lowest BCUT2D eigenvalue weighted by Crippen LogP contribution is -2.32. The van der Waals surface area contributed by atoms with E-state index in [-0.39, 0.29) is 17.2 Å². The number of hydrogen-bond acceptors (Lipinski definition) is 7. The zero-order valence-corrected chi connectivity index (χ0v) is 22.7. The number of sulfonamides is 1. The molecular weight excluding hydrogens is 588 g/mol. The highest BCUT2D eigenvalue weighted by molar-refractivity contribution is 9.10. The van der Waals surface area contributed by atoms with E-state index in [2.05, 4.69) is 36.5 Å². The van der Waals surface area contributed by atoms with Crippen LogP contribution < -0.4 is 20.2 Å². The number of hydrazone groups is 1. The molecule has 2 amide bonds. The Labute approximate surface area is 233 Å². The van der Waals surface area contributed by atoms with Crippen molar-refractivity contribution >= 4 is 49.7 Å². The summed E-state index contributed by atoms with van der Waals surface area (Å²) < 4.78 is 39.1. The topological polar surface area (TPSA) is 139 Å². The van der Waals surface area contributed by atoms with Crippen molar-refractivity contribution in [1.29, 1.82) is 0 Å². The maximum atomic E-state index is 12.4. The molecule has 1 aromatic heterocycles. The Morgan fingerprint density at radius 2 is 1.62 bits per heavy atom. The minimum Gasteiger partial charge on any atom is -0.489 e. The van der Waals surface area contributed by atoms with Crippen LogP contribution in [-0.4, -0.2) is 26.4 Å². The maximum absolute atomic E-state index is 12.4. The number of nitrogens with one attached hydrogen (secondary N) is 3. The van der Waals surface area contributed by atoms with Crippen LogP contribution in [-0.2, 0) is 32.8 Å². The number of amides is 2. The van der Waals surface area contributed by atoms with Gasteiger partial charge in [-0.05, 0) is 66.2 Å². The van der Waals surface area contributed by atoms with Gasteiger partial charge < -0.3 is 14.5 Å². The molecule has 3 aromatic carbocycles. The molecule has 12 heteroatoms. The molecule has 0 unspecified atom stereocenters. The minimum absolute atomic E-state index is 0.0862. The van der Waals surface area contributed by atoms with Crippen LogP contribution in [0.3, 0.4) is 0 Å². The number of halogens is 1. The summed E-state index contributed by atoms with van der Waals surface area (Å²) in [5, 5.41) is 6.18. The summed E-state index contributed by atoms with van der Waals surface area (Å²) in [6.45, 7) is 0.322. The second-order valence-electron chi connectivity index (χ2n) is 8.03. The first-order valence-corrected chi connectivity index (χ1v) is 13.8. The van der Waals surface area contributed by atoms with Crippen LogP contribution >= 0.6 is 15.9 Å². The standard InChI is InChI=1S/C27H23BrN4O6S/c28-20-6-14-25(15-7-20)39(35,36)30-17-24-13-12-23(38-24)16-29-32-27(34)26(33)31-21-8-10-22(11-9-21)37-18-19-4-2-1-3-5-19/h1-16,30H,17-18H2,(H,31,33)(H,32,34)/b29-16+. The number of benzene rings is 3. The van der Waals surface area contributed by atoms with Gasteiger partial charge in [-0.3, -0.25) is 9.59 Å². The Kier molecular flexibility index (Phi) is 9.26. The van der Waals surface area contributed by atoms with Gasteiger partial charge in [0.2, 0.25) is 10.0 Å². The highest BCUT2D eigenvalue weighted by Gasteiger charge is 2.15. The number of carbonyl (C=O) groups is 2. The van der Waals surface area contributed by atoms with Crippen LogP contribution in [0.2, 0.25) is 0 Å². The molecule has 39 heavy (non-hydrogen) atoms. The third-order valence-corrected chi connectivity index (χ3v) is 7.11. The van der Waals surface area contributed by atoms with E-state index < -0.39 is 21.8 Å². The monoisotopic (exact) mass is 610 g/mol. The molecule has 0 spiro atoms. The van der Waals surface area contributed by atoms with E-state index >= 15 is 0 Å². The van der Waals surface area contributed by atoms with E-state index in [1.807, 2.05) is 30.3 Å². The van der Waals surface area contributed by atoms with E-state index in [0.717, 1.165) is 10.0 Å². The maximum Gasteiger partial charge on any atom is 0.329 e. The van der Waals surface area contributed by atoms with Crippen molar-refractivity contribution in [1.82, 2.24) is 10.1 Å². The Hall–Kier alpha value is -4.26. The van der Waals surface area contributed by atoms with Crippen LogP contribution in [0.5, 0.6) is 5.75 Å². The van der Waals surface area contributed by atoms with Gasteiger partial charge in [0.1, 0.15) is 23.9 Å². The van der Waals surface area contributed by atoms with Crippen molar-refractivity contribution in [2.75, 3.05) is 5.32 Å². The van der Waals surface area contributed by atoms with Crippen molar-refractivity contribution in [3.05, 3.63) is 113 Å². The zero-order valence-electron chi connectivity index (χ0n) is 20.3. The van der Waals surface area contributed by atoms with Gasteiger partial charge >= 0.3 is 11.8 Å². The Morgan fingerprint density at radius 1 is 0.897 bits per heavy atom. The summed E-state index contributed by atoms with van der Waals surface area (Å²) in [6.07, 6.45) is 1.19. The van der Waals surface area contributed by atoms with Crippen LogP contribution in [0.25, 0.3) is 0 Å². The van der Waals surface area contributed by atoms with E-state index in [1.165, 1.54) is 18.3 Å². The third-order valence-electron chi connectivity index (χ3n) is 5.17. The van der Waals surface area contributed by atoms with Gasteiger partial charge in [0.05, 0.1) is 17.7 Å². The number of anilines is 1. The van der Waals surface area contributed by atoms with E-state index in [4.69, 9.17) is 9.15 Å². The largest absolute Gasteiger partial charge is 0.489 e. The molecule has 3 N–H and O–H groups in total. The second kappa shape index (κ2) is 13.0. The van der Waals surface area contributed by atoms with Gasteiger partial charge in [-0.2, -0.15) is 5.10 Å². The minimum atomic E-state index is -3.72. The Balaban J connectivity index is 1.21. The predicted octanol–water partition coefficient (Wildman–Crippen LogP) is 4.19. The van der Waals surface area contributed by atoms with E-state index in [9.17, 15) is 18.0 Å². The quantitative estimate of drug-likeness (QED) is 0.140. The fourth-order valence-corrected chi connectivity index (χ4v) is 4.45. The predicted molar refractivity (Wildman–Crippen MR) is 148 cm³/mol. The molecule has 4 aromatic rings. The highest BCUT2D eigenvalue weighted by atomic mass is 79.9. The zero-order chi connectivity index (χ0) is 27.7. The molecule has 0 aliphatic rings. The number of nitrogens with zero attached hydrogens (tertiary/aromatic N) is 1. The van der Waals surface area contributed by atoms with Gasteiger partial charge in [-0.15, -0.1) is 0 Å². The first-order valence-electron chi connectivity index (χ1n) is 11.5. The fraction of sp³-hybridized carbons (Fsp3) is 0.0741. The van der Waals surface area contributed by atoms with Crippen LogP contribution in [0, 0.1) is 0 Å². The molecule has 0 bridgehead atoms. The van der Waals surface area contributed by atoms with Crippen molar-refractivity contribution in [3.8, 4) is 5.75 Å². The summed E-state index contributed by atoms with van der Waals surface area (Å²) in [4.78, 5) is 24.3. The first-order chi connectivity index (χ1) is 18.8. The molecule has 0 aliphatic heterocycles. The molecular formula is C27H23BrN4O6S. The number of hydrogen-bond donors (Lipinski definition) is 3. The van der Waals surface area contributed by atoms with E-state index in [0.29, 0.717) is 23.8 Å². The Bertz CT molecular complexity index is 1550. The molecule has 4 rings (SSSR count). The lowest BCUT2D eigenvalue weighted by Gasteiger charge is -2.08. The molecule has 0 atom stereocenters. The second-order valence-corrected chi connectivity index (χ2v) is 10.7. The van der Waals surface area contributed by atoms with E-state index in [1.54, 1.807) is 48.5 Å². The van der Waals surface area contributed by atoms with Crippen molar-refractivity contribution in [3.63, 3.8) is 0 Å². The van der Waals surface area contributed by atoms with Gasteiger partial charge in [0, 0.05) is 10.2 Å². The number of furan rings is 1. The molecule has 10 nitrogen and oxygen atoms in total. The fourth-order valence-electron chi connectivity index (χ4n) is 3.19. The molecule has 0 fully saturated rings. The van der Waals surface area contributed by atoms with Crippen molar-refractivity contribution in [2.24, 2.45) is 5.10 Å². The molecule has 0 saturated heterocycles. The average Bonchev–Trinajstić information content (AvgIpc) is 3.40. The van der Waals surface area contributed by atoms with Gasteiger partial charge in [-0.1, -0.05) is 46.3 Å². The van der Waals surface area contributed by atoms with Crippen LogP contribution in [0.15, 0.2) is 110 Å². The van der Waals surface area contributed by atoms with Crippen molar-refractivity contribution < 1.29 is 27.2 Å². The number of ether oxygens (including phenoxy) is 1. The molecule has 200 valence electrons. The summed E-state index contributed by atoms with van der Waals surface area (Å²) in [7, 11) is -3.72. The summed E-state index contributed by atoms with van der Waals surface area (Å²) >= 11 is 3.26. The van der Waals surface area contributed by atoms with Gasteiger partial charge in [0.25, 0.3) is 0 Å². The van der Waals surface area contributed by atoms with Gasteiger partial charge in [0.15, 0.2) is 0 Å².